The molecule has 2 aromatic rings. The first-order valence-electron chi connectivity index (χ1n) is 8.46. The van der Waals surface area contributed by atoms with E-state index in [2.05, 4.69) is 15.0 Å². The Labute approximate surface area is 147 Å². The van der Waals surface area contributed by atoms with Gasteiger partial charge in [0.05, 0.1) is 13.2 Å². The molecular formula is C18H23N5O2. The van der Waals surface area contributed by atoms with E-state index in [1.165, 1.54) is 5.56 Å². The molecule has 0 saturated carbocycles. The quantitative estimate of drug-likeness (QED) is 0.817. The molecule has 0 unspecified atom stereocenters. The van der Waals surface area contributed by atoms with Crippen molar-refractivity contribution in [3.63, 3.8) is 0 Å². The summed E-state index contributed by atoms with van der Waals surface area (Å²) in [6.07, 6.45) is 4.44. The average Bonchev–Trinajstić information content (AvgIpc) is 2.66. The number of carbonyl (C=O) groups is 1. The molecule has 0 bridgehead atoms. The maximum Gasteiger partial charge on any atom is 0.272 e. The Hall–Kier alpha value is -2.54. The van der Waals surface area contributed by atoms with E-state index in [9.17, 15) is 4.79 Å². The van der Waals surface area contributed by atoms with E-state index in [-0.39, 0.29) is 5.91 Å². The Balaban J connectivity index is 1.70. The standard InChI is InChI=1S/C18H23N5O2/c1-14-13-16(17(24)23-9-11-25-12-10-23)21-18(20-14)22(2)8-5-15-3-6-19-7-4-15/h3-4,6-7,13H,5,8-12H2,1-2H3. The fourth-order valence-electron chi connectivity index (χ4n) is 2.71. The maximum absolute atomic E-state index is 12.7. The highest BCUT2D eigenvalue weighted by atomic mass is 16.5. The smallest absolute Gasteiger partial charge is 0.272 e. The lowest BCUT2D eigenvalue weighted by Gasteiger charge is -2.27. The highest BCUT2D eigenvalue weighted by Crippen LogP contribution is 2.13. The van der Waals surface area contributed by atoms with Crippen LogP contribution in [0.2, 0.25) is 0 Å². The van der Waals surface area contributed by atoms with Crippen LogP contribution in [0, 0.1) is 6.92 Å². The fraction of sp³-hybridized carbons (Fsp3) is 0.444. The Kier molecular flexibility index (Phi) is 5.55. The van der Waals surface area contributed by atoms with E-state index in [0.717, 1.165) is 18.7 Å². The number of aromatic nitrogens is 3. The summed E-state index contributed by atoms with van der Waals surface area (Å²) in [6.45, 7) is 5.02. The molecule has 1 aliphatic heterocycles. The summed E-state index contributed by atoms with van der Waals surface area (Å²) in [4.78, 5) is 29.4. The molecule has 0 aliphatic carbocycles. The number of nitrogens with zero attached hydrogens (tertiary/aromatic N) is 5. The van der Waals surface area contributed by atoms with Gasteiger partial charge in [-0.05, 0) is 37.1 Å². The summed E-state index contributed by atoms with van der Waals surface area (Å²) >= 11 is 0. The Bertz CT molecular complexity index is 717. The van der Waals surface area contributed by atoms with Crippen molar-refractivity contribution in [1.82, 2.24) is 19.9 Å². The second-order valence-electron chi connectivity index (χ2n) is 6.13. The molecule has 0 spiro atoms. The Morgan fingerprint density at radius 3 is 2.68 bits per heavy atom. The van der Waals surface area contributed by atoms with Gasteiger partial charge in [0.1, 0.15) is 5.69 Å². The molecule has 1 aliphatic rings. The molecule has 1 fully saturated rings. The van der Waals surface area contributed by atoms with Gasteiger partial charge in [-0.15, -0.1) is 0 Å². The molecule has 2 aromatic heterocycles. The van der Waals surface area contributed by atoms with E-state index in [4.69, 9.17) is 4.74 Å². The molecule has 0 radical (unpaired) electrons. The van der Waals surface area contributed by atoms with Gasteiger partial charge in [-0.3, -0.25) is 9.78 Å². The van der Waals surface area contributed by atoms with Crippen LogP contribution in [0.15, 0.2) is 30.6 Å². The molecule has 0 atom stereocenters. The first-order chi connectivity index (χ1) is 12.1. The summed E-state index contributed by atoms with van der Waals surface area (Å²) < 4.78 is 5.31. The van der Waals surface area contributed by atoms with Gasteiger partial charge in [-0.25, -0.2) is 9.97 Å². The van der Waals surface area contributed by atoms with Crippen LogP contribution in [0.25, 0.3) is 0 Å². The van der Waals surface area contributed by atoms with Crippen molar-refractivity contribution < 1.29 is 9.53 Å². The zero-order valence-electron chi connectivity index (χ0n) is 14.7. The third kappa shape index (κ3) is 4.51. The molecule has 1 saturated heterocycles. The molecule has 1 amide bonds. The van der Waals surface area contributed by atoms with Crippen LogP contribution in [0.4, 0.5) is 5.95 Å². The molecule has 0 aromatic carbocycles. The van der Waals surface area contributed by atoms with Gasteiger partial charge >= 0.3 is 0 Å². The lowest BCUT2D eigenvalue weighted by atomic mass is 10.2. The molecule has 132 valence electrons. The van der Waals surface area contributed by atoms with Crippen molar-refractivity contribution in [2.75, 3.05) is 44.8 Å². The largest absolute Gasteiger partial charge is 0.378 e. The van der Waals surface area contributed by atoms with E-state index < -0.39 is 0 Å². The van der Waals surface area contributed by atoms with Gasteiger partial charge in [0.25, 0.3) is 5.91 Å². The van der Waals surface area contributed by atoms with Gasteiger partial charge in [-0.2, -0.15) is 0 Å². The highest BCUT2D eigenvalue weighted by molar-refractivity contribution is 5.92. The van der Waals surface area contributed by atoms with Crippen LogP contribution >= 0.6 is 0 Å². The summed E-state index contributed by atoms with van der Waals surface area (Å²) in [6, 6.07) is 5.74. The van der Waals surface area contributed by atoms with Gasteiger partial charge < -0.3 is 14.5 Å². The van der Waals surface area contributed by atoms with Gasteiger partial charge in [0, 0.05) is 44.8 Å². The fourth-order valence-corrected chi connectivity index (χ4v) is 2.71. The molecule has 25 heavy (non-hydrogen) atoms. The molecule has 3 rings (SSSR count). The number of carbonyl (C=O) groups excluding carboxylic acids is 1. The lowest BCUT2D eigenvalue weighted by molar-refractivity contribution is 0.0299. The Morgan fingerprint density at radius 1 is 1.24 bits per heavy atom. The van der Waals surface area contributed by atoms with E-state index in [1.807, 2.05) is 31.0 Å². The number of rotatable bonds is 5. The number of pyridine rings is 1. The number of morpholine rings is 1. The summed E-state index contributed by atoms with van der Waals surface area (Å²) in [5.74, 6) is 0.517. The van der Waals surface area contributed by atoms with Crippen molar-refractivity contribution in [2.24, 2.45) is 0 Å². The second kappa shape index (κ2) is 8.02. The summed E-state index contributed by atoms with van der Waals surface area (Å²) in [5, 5.41) is 0. The number of aryl methyl sites for hydroxylation is 1. The molecule has 3 heterocycles. The summed E-state index contributed by atoms with van der Waals surface area (Å²) in [7, 11) is 1.94. The number of anilines is 1. The highest BCUT2D eigenvalue weighted by Gasteiger charge is 2.21. The number of likely N-dealkylation sites (N-methyl/N-ethyl adjacent to an activating group) is 1. The van der Waals surface area contributed by atoms with Crippen molar-refractivity contribution in [3.8, 4) is 0 Å². The minimum Gasteiger partial charge on any atom is -0.378 e. The first-order valence-corrected chi connectivity index (χ1v) is 8.46. The van der Waals surface area contributed by atoms with E-state index in [1.54, 1.807) is 23.4 Å². The SMILES string of the molecule is Cc1cc(C(=O)N2CCOCC2)nc(N(C)CCc2ccncc2)n1. The zero-order valence-corrected chi connectivity index (χ0v) is 14.7. The maximum atomic E-state index is 12.7. The molecule has 7 nitrogen and oxygen atoms in total. The van der Waals surface area contributed by atoms with Crippen molar-refractivity contribution in [3.05, 3.63) is 47.5 Å². The van der Waals surface area contributed by atoms with Crippen LogP contribution in [-0.4, -0.2) is 65.7 Å². The number of amides is 1. The number of ether oxygens (including phenoxy) is 1. The monoisotopic (exact) mass is 341 g/mol. The average molecular weight is 341 g/mol. The predicted molar refractivity (Wildman–Crippen MR) is 94.7 cm³/mol. The van der Waals surface area contributed by atoms with E-state index in [0.29, 0.717) is 37.9 Å². The minimum atomic E-state index is -0.0578. The van der Waals surface area contributed by atoms with Crippen LogP contribution in [0.5, 0.6) is 0 Å². The topological polar surface area (TPSA) is 71.5 Å². The zero-order chi connectivity index (χ0) is 17.6. The third-order valence-corrected chi connectivity index (χ3v) is 4.19. The van der Waals surface area contributed by atoms with Crippen molar-refractivity contribution in [2.45, 2.75) is 13.3 Å². The number of hydrogen-bond donors (Lipinski definition) is 0. The lowest BCUT2D eigenvalue weighted by Crippen LogP contribution is -2.41. The van der Waals surface area contributed by atoms with Crippen molar-refractivity contribution in [1.29, 1.82) is 0 Å². The van der Waals surface area contributed by atoms with Crippen LogP contribution in [0.1, 0.15) is 21.7 Å². The van der Waals surface area contributed by atoms with Gasteiger partial charge in [0.15, 0.2) is 0 Å². The molecule has 0 N–H and O–H groups in total. The van der Waals surface area contributed by atoms with Crippen LogP contribution in [-0.2, 0) is 11.2 Å². The predicted octanol–water partition coefficient (Wildman–Crippen LogP) is 1.33. The van der Waals surface area contributed by atoms with Gasteiger partial charge in [-0.1, -0.05) is 0 Å². The normalized spacial score (nSPS) is 14.4. The number of hydrogen-bond acceptors (Lipinski definition) is 6. The second-order valence-corrected chi connectivity index (χ2v) is 6.13. The summed E-state index contributed by atoms with van der Waals surface area (Å²) in [5.41, 5.74) is 2.44. The van der Waals surface area contributed by atoms with Crippen LogP contribution < -0.4 is 4.90 Å². The van der Waals surface area contributed by atoms with E-state index >= 15 is 0 Å². The van der Waals surface area contributed by atoms with Crippen molar-refractivity contribution >= 4 is 11.9 Å². The third-order valence-electron chi connectivity index (χ3n) is 4.19. The van der Waals surface area contributed by atoms with Crippen LogP contribution in [0.3, 0.4) is 0 Å². The minimum absolute atomic E-state index is 0.0578. The van der Waals surface area contributed by atoms with Gasteiger partial charge in [0.2, 0.25) is 5.95 Å². The first kappa shape index (κ1) is 17.3. The molecular weight excluding hydrogens is 318 g/mol. The molecule has 7 heteroatoms. The Morgan fingerprint density at radius 2 is 1.96 bits per heavy atom.